The van der Waals surface area contributed by atoms with Crippen LogP contribution in [-0.2, 0) is 4.79 Å². The van der Waals surface area contributed by atoms with Gasteiger partial charge in [0.15, 0.2) is 0 Å². The van der Waals surface area contributed by atoms with E-state index in [9.17, 15) is 4.79 Å². The van der Waals surface area contributed by atoms with E-state index in [1.807, 2.05) is 18.2 Å². The molecule has 1 heterocycles. The number of hydrogen-bond donors (Lipinski definition) is 1. The number of aliphatic carboxylic acids is 1. The predicted octanol–water partition coefficient (Wildman–Crippen LogP) is 1.25. The van der Waals surface area contributed by atoms with E-state index in [4.69, 9.17) is 5.11 Å². The summed E-state index contributed by atoms with van der Waals surface area (Å²) in [4.78, 5) is 16.3. The van der Waals surface area contributed by atoms with Gasteiger partial charge in [-0.1, -0.05) is 18.2 Å². The number of thioether (sulfide) groups is 1. The number of rotatable bonds is 2. The molecule has 0 aromatic heterocycles. The molecule has 2 aliphatic rings. The number of hydrogen-bond acceptors (Lipinski definition) is 3. The van der Waals surface area contributed by atoms with Crippen molar-refractivity contribution in [3.8, 4) is 0 Å². The molecule has 1 aromatic carbocycles. The number of aliphatic imine (C=N–C) groups is 1. The zero-order valence-corrected chi connectivity index (χ0v) is 10.4. The maximum absolute atomic E-state index is 10.9. The average molecular weight is 257 g/mol. The highest BCUT2D eigenvalue weighted by Gasteiger charge is 2.11. The molecule has 0 unspecified atom stereocenters. The van der Waals surface area contributed by atoms with E-state index >= 15 is 0 Å². The molecule has 1 N–H and O–H groups in total. The Bertz CT molecular complexity index is 701. The summed E-state index contributed by atoms with van der Waals surface area (Å²) in [6.45, 7) is 0. The van der Waals surface area contributed by atoms with Crippen LogP contribution in [0.5, 0.6) is 0 Å². The summed E-state index contributed by atoms with van der Waals surface area (Å²) in [6.07, 6.45) is 7.87. The molecule has 1 aliphatic heterocycles. The molecule has 90 valence electrons. The number of carboxylic acids is 1. The molecule has 0 fully saturated rings. The Morgan fingerprint density at radius 3 is 3.17 bits per heavy atom. The topological polar surface area (TPSA) is 49.7 Å². The van der Waals surface area contributed by atoms with Gasteiger partial charge in [-0.3, -0.25) is 9.79 Å². The maximum Gasteiger partial charge on any atom is 0.309 e. The van der Waals surface area contributed by atoms with Crippen LogP contribution in [0.2, 0.25) is 0 Å². The van der Waals surface area contributed by atoms with Crippen LogP contribution in [0, 0.1) is 0 Å². The number of carbonyl (C=O) groups is 1. The van der Waals surface area contributed by atoms with Crippen LogP contribution in [-0.4, -0.2) is 23.0 Å². The average Bonchev–Trinajstić information content (AvgIpc) is 2.70. The van der Waals surface area contributed by atoms with E-state index in [1.165, 1.54) is 5.22 Å². The number of benzene rings is 1. The van der Waals surface area contributed by atoms with Crippen molar-refractivity contribution in [3.05, 3.63) is 34.2 Å². The van der Waals surface area contributed by atoms with Crippen LogP contribution < -0.4 is 10.4 Å². The van der Waals surface area contributed by atoms with Crippen molar-refractivity contribution in [2.45, 2.75) is 11.3 Å². The van der Waals surface area contributed by atoms with Gasteiger partial charge in [0, 0.05) is 22.1 Å². The van der Waals surface area contributed by atoms with Crippen molar-refractivity contribution < 1.29 is 9.90 Å². The summed E-state index contributed by atoms with van der Waals surface area (Å²) >= 11 is 1.70. The summed E-state index contributed by atoms with van der Waals surface area (Å²) in [5.74, 6) is -0.0647. The van der Waals surface area contributed by atoms with Crippen LogP contribution in [0.15, 0.2) is 28.1 Å². The number of nitrogens with zero attached hydrogens (tertiary/aromatic N) is 1. The third-order valence-electron chi connectivity index (χ3n) is 2.93. The minimum absolute atomic E-state index is 0.0315. The highest BCUT2D eigenvalue weighted by Crippen LogP contribution is 2.18. The van der Waals surface area contributed by atoms with Crippen LogP contribution in [0.25, 0.3) is 17.8 Å². The Hall–Kier alpha value is -1.81. The van der Waals surface area contributed by atoms with E-state index in [-0.39, 0.29) is 6.42 Å². The molecule has 0 radical (unpaired) electrons. The fourth-order valence-electron chi connectivity index (χ4n) is 2.13. The third-order valence-corrected chi connectivity index (χ3v) is 3.89. The number of allylic oxidation sites excluding steroid dienone is 1. The van der Waals surface area contributed by atoms with Crippen molar-refractivity contribution in [2.75, 3.05) is 5.75 Å². The third kappa shape index (κ3) is 1.99. The zero-order valence-electron chi connectivity index (χ0n) is 9.59. The Labute approximate surface area is 108 Å². The molecule has 4 heteroatoms. The van der Waals surface area contributed by atoms with Gasteiger partial charge in [0.05, 0.1) is 12.1 Å². The monoisotopic (exact) mass is 257 g/mol. The molecule has 0 saturated carbocycles. The molecule has 0 spiro atoms. The second-order valence-electron chi connectivity index (χ2n) is 4.14. The van der Waals surface area contributed by atoms with Gasteiger partial charge in [-0.15, -0.1) is 11.8 Å². The smallest absolute Gasteiger partial charge is 0.309 e. The quantitative estimate of drug-likeness (QED) is 0.867. The summed E-state index contributed by atoms with van der Waals surface area (Å²) in [5.41, 5.74) is 1.78. The molecule has 1 aromatic rings. The molecule has 0 amide bonds. The Morgan fingerprint density at radius 2 is 2.33 bits per heavy atom. The lowest BCUT2D eigenvalue weighted by molar-refractivity contribution is -0.135. The summed E-state index contributed by atoms with van der Waals surface area (Å²) in [7, 11) is 0. The van der Waals surface area contributed by atoms with Gasteiger partial charge in [-0.25, -0.2) is 0 Å². The predicted molar refractivity (Wildman–Crippen MR) is 74.1 cm³/mol. The van der Waals surface area contributed by atoms with E-state index in [1.54, 1.807) is 18.0 Å². The molecule has 3 nitrogen and oxygen atoms in total. The van der Waals surface area contributed by atoms with Crippen LogP contribution >= 0.6 is 11.8 Å². The van der Waals surface area contributed by atoms with Gasteiger partial charge in [0.25, 0.3) is 0 Å². The Balaban J connectivity index is 2.28. The largest absolute Gasteiger partial charge is 0.481 e. The van der Waals surface area contributed by atoms with Gasteiger partial charge in [-0.2, -0.15) is 0 Å². The minimum atomic E-state index is -0.845. The second-order valence-corrected chi connectivity index (χ2v) is 5.20. The van der Waals surface area contributed by atoms with E-state index in [0.717, 1.165) is 21.4 Å². The second kappa shape index (κ2) is 4.46. The van der Waals surface area contributed by atoms with Gasteiger partial charge >= 0.3 is 5.97 Å². The molecule has 0 atom stereocenters. The lowest BCUT2D eigenvalue weighted by Gasteiger charge is -2.03. The van der Waals surface area contributed by atoms with Crippen molar-refractivity contribution in [2.24, 2.45) is 4.99 Å². The van der Waals surface area contributed by atoms with Crippen LogP contribution in [0.1, 0.15) is 12.0 Å². The molecule has 0 bridgehead atoms. The molecule has 18 heavy (non-hydrogen) atoms. The summed E-state index contributed by atoms with van der Waals surface area (Å²) in [6, 6.07) is 4.16. The van der Waals surface area contributed by atoms with Crippen molar-refractivity contribution in [1.29, 1.82) is 0 Å². The lowest BCUT2D eigenvalue weighted by Crippen LogP contribution is -2.17. The van der Waals surface area contributed by atoms with E-state index in [0.29, 0.717) is 5.70 Å². The van der Waals surface area contributed by atoms with Crippen molar-refractivity contribution >= 4 is 41.8 Å². The SMILES string of the molecule is O=C(O)CC1=c2cc3c(cc2SCC=N1)=CC=C3. The minimum Gasteiger partial charge on any atom is -0.481 e. The summed E-state index contributed by atoms with van der Waals surface area (Å²) < 4.78 is 0. The molecular weight excluding hydrogens is 246 g/mol. The first kappa shape index (κ1) is 11.3. The molecule has 1 aliphatic carbocycles. The summed E-state index contributed by atoms with van der Waals surface area (Å²) in [5, 5.41) is 11.1. The van der Waals surface area contributed by atoms with Crippen molar-refractivity contribution in [3.63, 3.8) is 0 Å². The molecule has 0 saturated heterocycles. The van der Waals surface area contributed by atoms with Gasteiger partial charge in [0.2, 0.25) is 0 Å². The highest BCUT2D eigenvalue weighted by molar-refractivity contribution is 7.99. The maximum atomic E-state index is 10.9. The van der Waals surface area contributed by atoms with E-state index < -0.39 is 5.97 Å². The van der Waals surface area contributed by atoms with Gasteiger partial charge < -0.3 is 5.11 Å². The van der Waals surface area contributed by atoms with E-state index in [2.05, 4.69) is 17.1 Å². The Kier molecular flexibility index (Phi) is 2.80. The first-order valence-electron chi connectivity index (χ1n) is 5.67. The standard InChI is InChI=1S/C14H11NO2S/c16-14(17)8-12-11-6-9-2-1-3-10(9)7-13(11)18-5-4-15-12/h1-4,6-7H,5,8H2,(H,16,17). The molecule has 3 rings (SSSR count). The van der Waals surface area contributed by atoms with Gasteiger partial charge in [-0.05, 0) is 22.9 Å². The fraction of sp³-hybridized carbons (Fsp3) is 0.143. The van der Waals surface area contributed by atoms with Crippen LogP contribution in [0.3, 0.4) is 0 Å². The van der Waals surface area contributed by atoms with Gasteiger partial charge in [0.1, 0.15) is 0 Å². The van der Waals surface area contributed by atoms with Crippen LogP contribution in [0.4, 0.5) is 0 Å². The van der Waals surface area contributed by atoms with Crippen molar-refractivity contribution in [1.82, 2.24) is 0 Å². The number of fused-ring (bicyclic) bond motifs is 2. The molecular formula is C14H11NO2S. The first-order chi connectivity index (χ1) is 8.74. The highest BCUT2D eigenvalue weighted by atomic mass is 32.2. The zero-order chi connectivity index (χ0) is 12.5. The number of carboxylic acid groups (broad SMARTS) is 1. The fourth-order valence-corrected chi connectivity index (χ4v) is 3.00. The lowest BCUT2D eigenvalue weighted by atomic mass is 10.1. The normalized spacial score (nSPS) is 15.9. The first-order valence-corrected chi connectivity index (χ1v) is 6.65. The Morgan fingerprint density at radius 1 is 1.44 bits per heavy atom.